The molecule has 124 valence electrons. The molecule has 0 spiro atoms. The number of amides is 3. The third kappa shape index (κ3) is 3.45. The van der Waals surface area contributed by atoms with Crippen molar-refractivity contribution in [1.29, 1.82) is 0 Å². The van der Waals surface area contributed by atoms with Crippen molar-refractivity contribution in [3.05, 3.63) is 47.7 Å². The van der Waals surface area contributed by atoms with Gasteiger partial charge in [-0.2, -0.15) is 0 Å². The number of urea groups is 1. The van der Waals surface area contributed by atoms with Crippen LogP contribution < -0.4 is 20.7 Å². The second-order valence-corrected chi connectivity index (χ2v) is 5.58. The lowest BCUT2D eigenvalue weighted by Crippen LogP contribution is -2.32. The van der Waals surface area contributed by atoms with E-state index in [4.69, 9.17) is 4.74 Å². The summed E-state index contributed by atoms with van der Waals surface area (Å²) >= 11 is 0. The van der Waals surface area contributed by atoms with Crippen molar-refractivity contribution in [2.75, 3.05) is 17.2 Å². The third-order valence-electron chi connectivity index (χ3n) is 3.73. The minimum Gasteiger partial charge on any atom is -0.482 e. The molecule has 7 heteroatoms. The van der Waals surface area contributed by atoms with E-state index in [9.17, 15) is 9.59 Å². The Bertz CT molecular complexity index is 791. The summed E-state index contributed by atoms with van der Waals surface area (Å²) in [7, 11) is 0. The maximum atomic E-state index is 12.1. The number of nitrogens with one attached hydrogen (secondary N) is 3. The van der Waals surface area contributed by atoms with E-state index < -0.39 is 0 Å². The highest BCUT2D eigenvalue weighted by Gasteiger charge is 2.18. The largest absolute Gasteiger partial charge is 0.482 e. The molecule has 0 radical (unpaired) electrons. The van der Waals surface area contributed by atoms with E-state index in [-0.39, 0.29) is 24.6 Å². The summed E-state index contributed by atoms with van der Waals surface area (Å²) < 4.78 is 5.32. The van der Waals surface area contributed by atoms with Crippen LogP contribution in [0, 0.1) is 6.92 Å². The van der Waals surface area contributed by atoms with E-state index in [0.717, 1.165) is 11.1 Å². The SMILES string of the molecule is Cc1cccnc1NC(=O)N[C@@H](C)c1ccc2c(c1)NC(=O)CO2. The highest BCUT2D eigenvalue weighted by Crippen LogP contribution is 2.30. The fourth-order valence-electron chi connectivity index (χ4n) is 2.41. The Morgan fingerprint density at radius 3 is 3.00 bits per heavy atom. The van der Waals surface area contributed by atoms with Crippen LogP contribution in [0.2, 0.25) is 0 Å². The summed E-state index contributed by atoms with van der Waals surface area (Å²) in [4.78, 5) is 27.7. The van der Waals surface area contributed by atoms with Crippen molar-refractivity contribution in [3.8, 4) is 5.75 Å². The lowest BCUT2D eigenvalue weighted by atomic mass is 10.1. The Morgan fingerprint density at radius 1 is 1.38 bits per heavy atom. The van der Waals surface area contributed by atoms with Crippen LogP contribution in [0.1, 0.15) is 24.1 Å². The van der Waals surface area contributed by atoms with E-state index >= 15 is 0 Å². The van der Waals surface area contributed by atoms with E-state index in [2.05, 4.69) is 20.9 Å². The average molecular weight is 326 g/mol. The predicted molar refractivity (Wildman–Crippen MR) is 90.1 cm³/mol. The number of aromatic nitrogens is 1. The molecule has 1 atom stereocenters. The first-order valence-corrected chi connectivity index (χ1v) is 7.58. The van der Waals surface area contributed by atoms with Crippen LogP contribution in [0.15, 0.2) is 36.5 Å². The second-order valence-electron chi connectivity index (χ2n) is 5.58. The average Bonchev–Trinajstić information content (AvgIpc) is 2.56. The van der Waals surface area contributed by atoms with Gasteiger partial charge in [0.15, 0.2) is 6.61 Å². The molecule has 1 aliphatic heterocycles. The predicted octanol–water partition coefficient (Wildman–Crippen LogP) is 2.60. The van der Waals surface area contributed by atoms with Crippen LogP contribution in [-0.2, 0) is 4.79 Å². The zero-order valence-electron chi connectivity index (χ0n) is 13.4. The molecule has 2 aromatic rings. The van der Waals surface area contributed by atoms with Crippen LogP contribution in [0.5, 0.6) is 5.75 Å². The Balaban J connectivity index is 1.67. The highest BCUT2D eigenvalue weighted by molar-refractivity contribution is 5.95. The van der Waals surface area contributed by atoms with E-state index in [1.165, 1.54) is 0 Å². The topological polar surface area (TPSA) is 92.4 Å². The molecular formula is C17H18N4O3. The number of fused-ring (bicyclic) bond motifs is 1. The van der Waals surface area contributed by atoms with Crippen LogP contribution in [-0.4, -0.2) is 23.5 Å². The first-order chi connectivity index (χ1) is 11.5. The number of rotatable bonds is 3. The minimum atomic E-state index is -0.345. The monoisotopic (exact) mass is 326 g/mol. The summed E-state index contributed by atoms with van der Waals surface area (Å²) in [6, 6.07) is 8.52. The van der Waals surface area contributed by atoms with E-state index in [1.807, 2.05) is 32.0 Å². The van der Waals surface area contributed by atoms with Gasteiger partial charge < -0.3 is 15.4 Å². The van der Waals surface area contributed by atoms with Gasteiger partial charge in [0.2, 0.25) is 0 Å². The standard InChI is InChI=1S/C17H18N4O3/c1-10-4-3-7-18-16(10)21-17(23)19-11(2)12-5-6-14-13(8-12)20-15(22)9-24-14/h3-8,11H,9H2,1-2H3,(H,20,22)(H2,18,19,21,23)/t11-/m0/s1. The fourth-order valence-corrected chi connectivity index (χ4v) is 2.41. The van der Waals surface area contributed by atoms with Crippen LogP contribution in [0.4, 0.5) is 16.3 Å². The smallest absolute Gasteiger partial charge is 0.320 e. The van der Waals surface area contributed by atoms with Crippen molar-refractivity contribution < 1.29 is 14.3 Å². The molecule has 7 nitrogen and oxygen atoms in total. The normalized spacial score (nSPS) is 14.0. The Hall–Kier alpha value is -3.09. The molecule has 3 amide bonds. The molecule has 24 heavy (non-hydrogen) atoms. The molecule has 0 unspecified atom stereocenters. The number of aryl methyl sites for hydroxylation is 1. The molecule has 0 aliphatic carbocycles. The molecule has 1 aliphatic rings. The van der Waals surface area contributed by atoms with Crippen molar-refractivity contribution >= 4 is 23.4 Å². The Kier molecular flexibility index (Phi) is 4.33. The van der Waals surface area contributed by atoms with Gasteiger partial charge in [0, 0.05) is 6.20 Å². The first kappa shape index (κ1) is 15.8. The first-order valence-electron chi connectivity index (χ1n) is 7.58. The van der Waals surface area contributed by atoms with Crippen LogP contribution in [0.3, 0.4) is 0 Å². The fraction of sp³-hybridized carbons (Fsp3) is 0.235. The number of benzene rings is 1. The van der Waals surface area contributed by atoms with E-state index in [1.54, 1.807) is 18.3 Å². The van der Waals surface area contributed by atoms with Gasteiger partial charge in [-0.3, -0.25) is 10.1 Å². The van der Waals surface area contributed by atoms with Crippen molar-refractivity contribution in [2.24, 2.45) is 0 Å². The van der Waals surface area contributed by atoms with Gasteiger partial charge in [-0.15, -0.1) is 0 Å². The molecule has 1 aromatic heterocycles. The van der Waals surface area contributed by atoms with Crippen molar-refractivity contribution in [3.63, 3.8) is 0 Å². The van der Waals surface area contributed by atoms with Gasteiger partial charge in [-0.05, 0) is 43.2 Å². The Labute approximate surface area is 139 Å². The molecule has 2 heterocycles. The van der Waals surface area contributed by atoms with Crippen molar-refractivity contribution in [1.82, 2.24) is 10.3 Å². The molecule has 0 bridgehead atoms. The molecule has 3 N–H and O–H groups in total. The number of pyridine rings is 1. The maximum absolute atomic E-state index is 12.1. The summed E-state index contributed by atoms with van der Waals surface area (Å²) in [5.41, 5.74) is 2.35. The van der Waals surface area contributed by atoms with Crippen LogP contribution in [0.25, 0.3) is 0 Å². The summed E-state index contributed by atoms with van der Waals surface area (Å²) in [6.07, 6.45) is 1.62. The second kappa shape index (κ2) is 6.57. The van der Waals surface area contributed by atoms with Gasteiger partial charge in [0.05, 0.1) is 11.7 Å². The van der Waals surface area contributed by atoms with E-state index in [0.29, 0.717) is 17.3 Å². The van der Waals surface area contributed by atoms with Crippen molar-refractivity contribution in [2.45, 2.75) is 19.9 Å². The lowest BCUT2D eigenvalue weighted by Gasteiger charge is -2.21. The number of carbonyl (C=O) groups excluding carboxylic acids is 2. The number of carbonyl (C=O) groups is 2. The summed E-state index contributed by atoms with van der Waals surface area (Å²) in [6.45, 7) is 3.75. The van der Waals surface area contributed by atoms with Gasteiger partial charge in [0.1, 0.15) is 11.6 Å². The zero-order chi connectivity index (χ0) is 17.1. The number of ether oxygens (including phenoxy) is 1. The van der Waals surface area contributed by atoms with Gasteiger partial charge in [0.25, 0.3) is 5.91 Å². The molecule has 0 saturated heterocycles. The van der Waals surface area contributed by atoms with Gasteiger partial charge in [-0.25, -0.2) is 9.78 Å². The molecule has 0 saturated carbocycles. The number of hydrogen-bond donors (Lipinski definition) is 3. The third-order valence-corrected chi connectivity index (χ3v) is 3.73. The minimum absolute atomic E-state index is 0.0198. The zero-order valence-corrected chi connectivity index (χ0v) is 13.4. The maximum Gasteiger partial charge on any atom is 0.320 e. The number of hydrogen-bond acceptors (Lipinski definition) is 4. The molecular weight excluding hydrogens is 308 g/mol. The van der Waals surface area contributed by atoms with Gasteiger partial charge in [-0.1, -0.05) is 12.1 Å². The summed E-state index contributed by atoms with van der Waals surface area (Å²) in [5, 5.41) is 8.32. The molecule has 1 aromatic carbocycles. The molecule has 3 rings (SSSR count). The Morgan fingerprint density at radius 2 is 2.21 bits per heavy atom. The van der Waals surface area contributed by atoms with Crippen LogP contribution >= 0.6 is 0 Å². The highest BCUT2D eigenvalue weighted by atomic mass is 16.5. The lowest BCUT2D eigenvalue weighted by molar-refractivity contribution is -0.118. The number of nitrogens with zero attached hydrogens (tertiary/aromatic N) is 1. The molecule has 0 fully saturated rings. The van der Waals surface area contributed by atoms with Gasteiger partial charge >= 0.3 is 6.03 Å². The number of anilines is 2. The summed E-state index contributed by atoms with van der Waals surface area (Å²) in [5.74, 6) is 0.955. The quantitative estimate of drug-likeness (QED) is 0.808.